The second-order valence-corrected chi connectivity index (χ2v) is 5.59. The number of carbonyl (C=O) groups excluding carboxylic acids is 1. The van der Waals surface area contributed by atoms with Gasteiger partial charge in [0.2, 0.25) is 0 Å². The lowest BCUT2D eigenvalue weighted by molar-refractivity contribution is -0.385. The van der Waals surface area contributed by atoms with Crippen LogP contribution in [0.4, 0.5) is 5.69 Å². The van der Waals surface area contributed by atoms with Crippen LogP contribution in [0.5, 0.6) is 0 Å². The smallest absolute Gasteiger partial charge is 0.300 e. The van der Waals surface area contributed by atoms with E-state index < -0.39 is 4.92 Å². The second-order valence-electron chi connectivity index (χ2n) is 5.20. The number of piperazine rings is 1. The largest absolute Gasteiger partial charge is 0.336 e. The zero-order chi connectivity index (χ0) is 15.6. The maximum atomic E-state index is 12.5. The van der Waals surface area contributed by atoms with Crippen molar-refractivity contribution in [2.75, 3.05) is 26.2 Å². The van der Waals surface area contributed by atoms with E-state index in [9.17, 15) is 14.9 Å². The minimum atomic E-state index is -0.610. The normalized spacial score (nSPS) is 16.3. The van der Waals surface area contributed by atoms with E-state index in [1.807, 2.05) is 0 Å². The molecule has 0 aromatic carbocycles. The molecular formula is C13H17ClN4O3. The molecule has 0 saturated carbocycles. The number of pyridine rings is 1. The molecule has 0 atom stereocenters. The predicted molar refractivity (Wildman–Crippen MR) is 78.5 cm³/mol. The Morgan fingerprint density at radius 2 is 2.00 bits per heavy atom. The quantitative estimate of drug-likeness (QED) is 0.483. The topological polar surface area (TPSA) is 79.6 Å². The second kappa shape index (κ2) is 6.36. The van der Waals surface area contributed by atoms with Crippen molar-refractivity contribution < 1.29 is 9.72 Å². The van der Waals surface area contributed by atoms with Crippen LogP contribution in [-0.2, 0) is 0 Å². The van der Waals surface area contributed by atoms with Gasteiger partial charge in [0.15, 0.2) is 0 Å². The van der Waals surface area contributed by atoms with Crippen molar-refractivity contribution in [2.24, 2.45) is 0 Å². The number of aromatic nitrogens is 1. The summed E-state index contributed by atoms with van der Waals surface area (Å²) >= 11 is 5.76. The van der Waals surface area contributed by atoms with Crippen molar-refractivity contribution in [3.05, 3.63) is 33.1 Å². The highest BCUT2D eigenvalue weighted by molar-refractivity contribution is 6.29. The van der Waals surface area contributed by atoms with Gasteiger partial charge in [0, 0.05) is 32.2 Å². The fraction of sp³-hybridized carbons (Fsp3) is 0.538. The molecule has 0 bridgehead atoms. The number of amides is 1. The highest BCUT2D eigenvalue weighted by Gasteiger charge is 2.28. The Bertz CT molecular complexity index is 556. The molecule has 1 aromatic rings. The van der Waals surface area contributed by atoms with Crippen LogP contribution in [0.2, 0.25) is 5.15 Å². The van der Waals surface area contributed by atoms with E-state index in [4.69, 9.17) is 11.6 Å². The van der Waals surface area contributed by atoms with Gasteiger partial charge in [-0.25, -0.2) is 4.98 Å². The predicted octanol–water partition coefficient (Wildman–Crippen LogP) is 1.81. The van der Waals surface area contributed by atoms with Crippen molar-refractivity contribution in [3.8, 4) is 0 Å². The van der Waals surface area contributed by atoms with E-state index in [2.05, 4.69) is 23.7 Å². The number of halogens is 1. The molecule has 1 aromatic heterocycles. The molecular weight excluding hydrogens is 296 g/mol. The summed E-state index contributed by atoms with van der Waals surface area (Å²) in [7, 11) is 0. The highest BCUT2D eigenvalue weighted by atomic mass is 35.5. The number of carbonyl (C=O) groups is 1. The van der Waals surface area contributed by atoms with Gasteiger partial charge in [0.05, 0.1) is 4.92 Å². The van der Waals surface area contributed by atoms with Crippen molar-refractivity contribution in [1.82, 2.24) is 14.8 Å². The van der Waals surface area contributed by atoms with E-state index in [-0.39, 0.29) is 22.3 Å². The maximum Gasteiger partial charge on any atom is 0.300 e. The molecule has 0 aliphatic carbocycles. The third kappa shape index (κ3) is 3.48. The molecule has 0 unspecified atom stereocenters. The molecule has 0 spiro atoms. The molecule has 114 valence electrons. The maximum absolute atomic E-state index is 12.5. The van der Waals surface area contributed by atoms with Crippen LogP contribution in [0, 0.1) is 10.1 Å². The summed E-state index contributed by atoms with van der Waals surface area (Å²) in [4.78, 5) is 30.4. The average molecular weight is 313 g/mol. The van der Waals surface area contributed by atoms with Crippen LogP contribution >= 0.6 is 11.6 Å². The molecule has 0 radical (unpaired) electrons. The van der Waals surface area contributed by atoms with E-state index in [0.29, 0.717) is 19.1 Å². The Morgan fingerprint density at radius 3 is 2.52 bits per heavy atom. The lowest BCUT2D eigenvalue weighted by Gasteiger charge is -2.36. The van der Waals surface area contributed by atoms with Crippen molar-refractivity contribution in [1.29, 1.82) is 0 Å². The third-order valence-corrected chi connectivity index (χ3v) is 3.82. The van der Waals surface area contributed by atoms with Crippen LogP contribution in [0.15, 0.2) is 12.3 Å². The first kappa shape index (κ1) is 15.7. The first-order chi connectivity index (χ1) is 9.90. The average Bonchev–Trinajstić information content (AvgIpc) is 2.46. The van der Waals surface area contributed by atoms with Crippen molar-refractivity contribution in [3.63, 3.8) is 0 Å². The number of hydrogen-bond acceptors (Lipinski definition) is 5. The van der Waals surface area contributed by atoms with E-state index in [1.54, 1.807) is 4.90 Å². The molecule has 7 nitrogen and oxygen atoms in total. The molecule has 2 heterocycles. The van der Waals surface area contributed by atoms with Gasteiger partial charge < -0.3 is 4.90 Å². The van der Waals surface area contributed by atoms with Crippen LogP contribution in [-0.4, -0.2) is 57.8 Å². The zero-order valence-electron chi connectivity index (χ0n) is 12.0. The standard InChI is InChI=1S/C13H17ClN4O3/c1-9(2)16-3-5-17(6-4-16)13(19)10-7-12(14)15-8-11(10)18(20)21/h7-9H,3-6H2,1-2H3. The third-order valence-electron chi connectivity index (χ3n) is 3.61. The van der Waals surface area contributed by atoms with E-state index in [0.717, 1.165) is 19.3 Å². The Kier molecular flexibility index (Phi) is 4.74. The molecule has 1 aliphatic rings. The molecule has 0 N–H and O–H groups in total. The van der Waals surface area contributed by atoms with E-state index in [1.165, 1.54) is 6.07 Å². The lowest BCUT2D eigenvalue weighted by atomic mass is 10.1. The van der Waals surface area contributed by atoms with Gasteiger partial charge in [0.1, 0.15) is 16.9 Å². The minimum Gasteiger partial charge on any atom is -0.336 e. The first-order valence-corrected chi connectivity index (χ1v) is 7.11. The Morgan fingerprint density at radius 1 is 1.38 bits per heavy atom. The summed E-state index contributed by atoms with van der Waals surface area (Å²) in [5.41, 5.74) is -0.311. The Labute approximate surface area is 127 Å². The van der Waals surface area contributed by atoms with Crippen LogP contribution in [0.3, 0.4) is 0 Å². The summed E-state index contributed by atoms with van der Waals surface area (Å²) in [5, 5.41) is 11.1. The molecule has 21 heavy (non-hydrogen) atoms. The van der Waals surface area contributed by atoms with Gasteiger partial charge in [-0.05, 0) is 19.9 Å². The molecule has 1 aliphatic heterocycles. The van der Waals surface area contributed by atoms with Crippen molar-refractivity contribution in [2.45, 2.75) is 19.9 Å². The van der Waals surface area contributed by atoms with Crippen molar-refractivity contribution >= 4 is 23.2 Å². The Hall–Kier alpha value is -1.73. The van der Waals surface area contributed by atoms with Gasteiger partial charge in [-0.15, -0.1) is 0 Å². The number of nitro groups is 1. The number of rotatable bonds is 3. The Balaban J connectivity index is 2.18. The fourth-order valence-electron chi connectivity index (χ4n) is 2.35. The van der Waals surface area contributed by atoms with Gasteiger partial charge in [-0.3, -0.25) is 19.8 Å². The molecule has 1 fully saturated rings. The van der Waals surface area contributed by atoms with Crippen LogP contribution < -0.4 is 0 Å². The summed E-state index contributed by atoms with van der Waals surface area (Å²) in [6.07, 6.45) is 1.03. The summed E-state index contributed by atoms with van der Waals surface area (Å²) in [6.45, 7) is 6.82. The van der Waals surface area contributed by atoms with Gasteiger partial charge in [0.25, 0.3) is 11.6 Å². The fourth-order valence-corrected chi connectivity index (χ4v) is 2.51. The number of hydrogen-bond donors (Lipinski definition) is 0. The monoisotopic (exact) mass is 312 g/mol. The highest BCUT2D eigenvalue weighted by Crippen LogP contribution is 2.22. The molecule has 8 heteroatoms. The lowest BCUT2D eigenvalue weighted by Crippen LogP contribution is -2.50. The van der Waals surface area contributed by atoms with Gasteiger partial charge in [-0.2, -0.15) is 0 Å². The SMILES string of the molecule is CC(C)N1CCN(C(=O)c2cc(Cl)ncc2[N+](=O)[O-])CC1. The molecule has 2 rings (SSSR count). The number of nitrogens with zero attached hydrogens (tertiary/aromatic N) is 4. The summed E-state index contributed by atoms with van der Waals surface area (Å²) < 4.78 is 0. The van der Waals surface area contributed by atoms with Crippen LogP contribution in [0.25, 0.3) is 0 Å². The first-order valence-electron chi connectivity index (χ1n) is 6.73. The van der Waals surface area contributed by atoms with E-state index >= 15 is 0 Å². The molecule has 1 saturated heterocycles. The van der Waals surface area contributed by atoms with Gasteiger partial charge in [-0.1, -0.05) is 11.6 Å². The van der Waals surface area contributed by atoms with Gasteiger partial charge >= 0.3 is 0 Å². The van der Waals surface area contributed by atoms with Crippen LogP contribution in [0.1, 0.15) is 24.2 Å². The summed E-state index contributed by atoms with van der Waals surface area (Å²) in [6, 6.07) is 1.68. The zero-order valence-corrected chi connectivity index (χ0v) is 12.7. The summed E-state index contributed by atoms with van der Waals surface area (Å²) in [5.74, 6) is -0.366. The molecule has 1 amide bonds. The minimum absolute atomic E-state index is 0.00185.